The Morgan fingerprint density at radius 2 is 1.91 bits per heavy atom. The van der Waals surface area contributed by atoms with Crippen LogP contribution in [0.5, 0.6) is 0 Å². The molecule has 13 heteroatoms. The molecule has 3 heterocycles. The van der Waals surface area contributed by atoms with E-state index in [1.54, 1.807) is 30.7 Å². The minimum atomic E-state index is -0.999. The Balaban J connectivity index is 1.34. The van der Waals surface area contributed by atoms with Gasteiger partial charge in [-0.15, -0.1) is 4.99 Å². The summed E-state index contributed by atoms with van der Waals surface area (Å²) < 4.78 is 19.9. The lowest BCUT2D eigenvalue weighted by molar-refractivity contribution is 0.126. The minimum absolute atomic E-state index is 0.170. The molecule has 3 aromatic rings. The topological polar surface area (TPSA) is 170 Å². The number of piperidine rings is 1. The first kappa shape index (κ1) is 23.6. The Morgan fingerprint density at radius 3 is 2.60 bits per heavy atom. The summed E-state index contributed by atoms with van der Waals surface area (Å²) in [5.41, 5.74) is 13.0. The standard InChI is InChI=1S/C22H24FN9O3/c23-19-14(12-34-22(33)29-20(24)25)2-1-3-18(19)15-10-26-21(27-11-15)32-8-5-16(6-9-32)31-35-13-17-4-7-28-30-17/h1-4,7,10-11H,5-6,8-9,12-13H2,(H,28,30)(H4,24,25,29,33). The van der Waals surface area contributed by atoms with Gasteiger partial charge >= 0.3 is 6.09 Å². The van der Waals surface area contributed by atoms with Crippen LogP contribution in [0.3, 0.4) is 0 Å². The summed E-state index contributed by atoms with van der Waals surface area (Å²) in [6, 6.07) is 6.58. The van der Waals surface area contributed by atoms with Crippen molar-refractivity contribution in [3.63, 3.8) is 0 Å². The van der Waals surface area contributed by atoms with Gasteiger partial charge in [-0.25, -0.2) is 19.2 Å². The van der Waals surface area contributed by atoms with E-state index in [0.29, 0.717) is 31.2 Å². The van der Waals surface area contributed by atoms with Crippen LogP contribution >= 0.6 is 0 Å². The highest BCUT2D eigenvalue weighted by Gasteiger charge is 2.19. The molecule has 0 spiro atoms. The monoisotopic (exact) mass is 481 g/mol. The van der Waals surface area contributed by atoms with Gasteiger partial charge in [0.2, 0.25) is 5.95 Å². The molecule has 182 valence electrons. The number of rotatable bonds is 7. The lowest BCUT2D eigenvalue weighted by Crippen LogP contribution is -2.35. The Labute approximate surface area is 199 Å². The Hall–Kier alpha value is -4.55. The van der Waals surface area contributed by atoms with Gasteiger partial charge in [0, 0.05) is 61.2 Å². The van der Waals surface area contributed by atoms with Crippen LogP contribution in [-0.4, -0.2) is 51.0 Å². The van der Waals surface area contributed by atoms with Crippen LogP contribution in [0.1, 0.15) is 24.1 Å². The van der Waals surface area contributed by atoms with E-state index in [4.69, 9.17) is 21.0 Å². The number of aromatic amines is 1. The molecule has 1 saturated heterocycles. The Kier molecular flexibility index (Phi) is 7.45. The second kappa shape index (κ2) is 11.0. The lowest BCUT2D eigenvalue weighted by atomic mass is 10.1. The van der Waals surface area contributed by atoms with E-state index in [2.05, 4.69) is 30.3 Å². The average molecular weight is 481 g/mol. The molecule has 1 fully saturated rings. The first-order valence-corrected chi connectivity index (χ1v) is 10.8. The van der Waals surface area contributed by atoms with Gasteiger partial charge < -0.3 is 25.9 Å². The zero-order chi connectivity index (χ0) is 24.6. The fourth-order valence-electron chi connectivity index (χ4n) is 3.43. The molecule has 1 amide bonds. The fraction of sp³-hybridized carbons (Fsp3) is 0.273. The van der Waals surface area contributed by atoms with E-state index in [9.17, 15) is 9.18 Å². The third-order valence-corrected chi connectivity index (χ3v) is 5.20. The highest BCUT2D eigenvalue weighted by atomic mass is 19.1. The molecule has 2 aromatic heterocycles. The van der Waals surface area contributed by atoms with Gasteiger partial charge in [-0.1, -0.05) is 23.4 Å². The molecule has 4 rings (SSSR count). The minimum Gasteiger partial charge on any atom is -0.443 e. The molecule has 35 heavy (non-hydrogen) atoms. The van der Waals surface area contributed by atoms with Crippen molar-refractivity contribution >= 4 is 23.7 Å². The maximum Gasteiger partial charge on any atom is 0.437 e. The number of anilines is 1. The molecule has 0 bridgehead atoms. The van der Waals surface area contributed by atoms with Gasteiger partial charge in [0.15, 0.2) is 12.6 Å². The van der Waals surface area contributed by atoms with Gasteiger partial charge in [-0.3, -0.25) is 5.10 Å². The Bertz CT molecular complexity index is 1200. The van der Waals surface area contributed by atoms with Crippen LogP contribution in [0.4, 0.5) is 15.1 Å². The zero-order valence-corrected chi connectivity index (χ0v) is 18.7. The van der Waals surface area contributed by atoms with Crippen molar-refractivity contribution in [1.29, 1.82) is 0 Å². The van der Waals surface area contributed by atoms with Crippen LogP contribution in [-0.2, 0) is 22.8 Å². The number of nitrogens with zero attached hydrogens (tertiary/aromatic N) is 6. The predicted octanol–water partition coefficient (Wildman–Crippen LogP) is 2.09. The fourth-order valence-corrected chi connectivity index (χ4v) is 3.43. The number of hydrogen-bond donors (Lipinski definition) is 3. The van der Waals surface area contributed by atoms with Crippen LogP contribution in [0.2, 0.25) is 0 Å². The number of H-pyrrole nitrogens is 1. The van der Waals surface area contributed by atoms with Gasteiger partial charge in [-0.05, 0) is 6.07 Å². The lowest BCUT2D eigenvalue weighted by Gasteiger charge is -2.27. The van der Waals surface area contributed by atoms with Crippen molar-refractivity contribution in [3.8, 4) is 11.1 Å². The third kappa shape index (κ3) is 6.28. The van der Waals surface area contributed by atoms with E-state index in [-0.39, 0.29) is 17.7 Å². The van der Waals surface area contributed by atoms with Crippen molar-refractivity contribution in [2.24, 2.45) is 21.6 Å². The summed E-state index contributed by atoms with van der Waals surface area (Å²) in [6.07, 6.45) is 5.24. The number of carbonyl (C=O) groups is 1. The number of hydrogen-bond acceptors (Lipinski definition) is 8. The second-order valence-corrected chi connectivity index (χ2v) is 7.64. The molecule has 0 saturated carbocycles. The van der Waals surface area contributed by atoms with Crippen LogP contribution in [0.15, 0.2) is 53.0 Å². The molecule has 1 aliphatic rings. The maximum absolute atomic E-state index is 15.0. The molecule has 0 unspecified atom stereocenters. The van der Waals surface area contributed by atoms with E-state index >= 15 is 0 Å². The molecule has 1 aliphatic heterocycles. The van der Waals surface area contributed by atoms with Gasteiger partial charge in [-0.2, -0.15) is 5.10 Å². The number of halogens is 1. The summed E-state index contributed by atoms with van der Waals surface area (Å²) in [5, 5.41) is 10.9. The summed E-state index contributed by atoms with van der Waals surface area (Å²) in [7, 11) is 0. The molecule has 1 aromatic carbocycles. The number of oxime groups is 1. The van der Waals surface area contributed by atoms with Crippen molar-refractivity contribution < 1.29 is 18.8 Å². The van der Waals surface area contributed by atoms with E-state index in [1.165, 1.54) is 6.07 Å². The number of nitrogens with one attached hydrogen (secondary N) is 1. The number of benzene rings is 1. The summed E-state index contributed by atoms with van der Waals surface area (Å²) in [5.74, 6) is -0.429. The normalized spacial score (nSPS) is 13.3. The number of aliphatic imine (C=N–C) groups is 1. The molecular formula is C22H24FN9O3. The average Bonchev–Trinajstić information content (AvgIpc) is 3.37. The molecule has 5 N–H and O–H groups in total. The maximum atomic E-state index is 15.0. The zero-order valence-electron chi connectivity index (χ0n) is 18.7. The highest BCUT2D eigenvalue weighted by Crippen LogP contribution is 2.26. The number of amides is 1. The Morgan fingerprint density at radius 1 is 1.14 bits per heavy atom. The largest absolute Gasteiger partial charge is 0.443 e. The second-order valence-electron chi connectivity index (χ2n) is 7.64. The SMILES string of the molecule is NC(N)=NC(=O)OCc1cccc(-c2cnc(N3CCC(=NOCc4ccn[nH]4)CC3)nc2)c1F. The number of carbonyl (C=O) groups excluding carboxylic acids is 1. The predicted molar refractivity (Wildman–Crippen MR) is 126 cm³/mol. The van der Waals surface area contributed by atoms with Crippen molar-refractivity contribution in [2.75, 3.05) is 18.0 Å². The molecular weight excluding hydrogens is 457 g/mol. The summed E-state index contributed by atoms with van der Waals surface area (Å²) in [6.45, 7) is 1.40. The van der Waals surface area contributed by atoms with Crippen molar-refractivity contribution in [1.82, 2.24) is 20.2 Å². The smallest absolute Gasteiger partial charge is 0.437 e. The van der Waals surface area contributed by atoms with E-state index in [0.717, 1.165) is 24.2 Å². The van der Waals surface area contributed by atoms with Crippen molar-refractivity contribution in [3.05, 3.63) is 59.9 Å². The van der Waals surface area contributed by atoms with Gasteiger partial charge in [0.05, 0.1) is 11.4 Å². The summed E-state index contributed by atoms with van der Waals surface area (Å²) >= 11 is 0. The van der Waals surface area contributed by atoms with Gasteiger partial charge in [0.25, 0.3) is 0 Å². The highest BCUT2D eigenvalue weighted by molar-refractivity contribution is 5.88. The van der Waals surface area contributed by atoms with E-state index < -0.39 is 17.9 Å². The first-order valence-electron chi connectivity index (χ1n) is 10.8. The molecule has 0 radical (unpaired) electrons. The van der Waals surface area contributed by atoms with Crippen LogP contribution in [0, 0.1) is 5.82 Å². The third-order valence-electron chi connectivity index (χ3n) is 5.20. The quantitative estimate of drug-likeness (QED) is 0.260. The molecule has 0 aliphatic carbocycles. The number of ether oxygens (including phenoxy) is 1. The number of aromatic nitrogens is 4. The van der Waals surface area contributed by atoms with Crippen LogP contribution in [0.25, 0.3) is 11.1 Å². The summed E-state index contributed by atoms with van der Waals surface area (Å²) in [4.78, 5) is 30.9. The van der Waals surface area contributed by atoms with Crippen LogP contribution < -0.4 is 16.4 Å². The number of guanidine groups is 1. The van der Waals surface area contributed by atoms with Gasteiger partial charge in [0.1, 0.15) is 12.4 Å². The molecule has 12 nitrogen and oxygen atoms in total. The number of nitrogens with two attached hydrogens (primary N) is 2. The molecule has 0 atom stereocenters. The first-order chi connectivity index (χ1) is 17.0. The van der Waals surface area contributed by atoms with Crippen molar-refractivity contribution in [2.45, 2.75) is 26.1 Å². The van der Waals surface area contributed by atoms with E-state index in [1.807, 2.05) is 11.0 Å².